The molecule has 0 radical (unpaired) electrons. The molecule has 0 saturated heterocycles. The molecule has 0 heterocycles. The van der Waals surface area contributed by atoms with Crippen molar-refractivity contribution < 1.29 is 23.9 Å². The monoisotopic (exact) mass is 307 g/mol. The summed E-state index contributed by atoms with van der Waals surface area (Å²) < 4.78 is 9.84. The van der Waals surface area contributed by atoms with Crippen molar-refractivity contribution in [3.8, 4) is 5.75 Å². The third kappa shape index (κ3) is 6.39. The second-order valence-corrected chi connectivity index (χ2v) is 4.95. The minimum Gasteiger partial charge on any atom is -0.484 e. The van der Waals surface area contributed by atoms with Gasteiger partial charge in [0.2, 0.25) is 0 Å². The summed E-state index contributed by atoms with van der Waals surface area (Å²) in [4.78, 5) is 34.0. The highest BCUT2D eigenvalue weighted by Gasteiger charge is 2.09. The van der Waals surface area contributed by atoms with Crippen molar-refractivity contribution in [1.82, 2.24) is 5.32 Å². The van der Waals surface area contributed by atoms with Gasteiger partial charge in [-0.15, -0.1) is 0 Å². The summed E-state index contributed by atoms with van der Waals surface area (Å²) in [5, 5.41) is 2.46. The Morgan fingerprint density at radius 2 is 1.86 bits per heavy atom. The van der Waals surface area contributed by atoms with Gasteiger partial charge >= 0.3 is 5.97 Å². The molecule has 0 spiro atoms. The molecule has 0 unspecified atom stereocenters. The van der Waals surface area contributed by atoms with E-state index in [2.05, 4.69) is 10.1 Å². The van der Waals surface area contributed by atoms with Crippen LogP contribution in [0.1, 0.15) is 24.0 Å². The Morgan fingerprint density at radius 3 is 2.50 bits per heavy atom. The second-order valence-electron chi connectivity index (χ2n) is 4.95. The number of esters is 1. The van der Waals surface area contributed by atoms with Crippen molar-refractivity contribution in [2.75, 3.05) is 20.3 Å². The Labute approximate surface area is 129 Å². The molecule has 6 heteroatoms. The number of amides is 1. The smallest absolute Gasteiger partial charge is 0.305 e. The largest absolute Gasteiger partial charge is 0.484 e. The van der Waals surface area contributed by atoms with Crippen LogP contribution in [-0.4, -0.2) is 37.9 Å². The molecule has 22 heavy (non-hydrogen) atoms. The molecule has 1 N–H and O–H groups in total. The highest BCUT2D eigenvalue weighted by Crippen LogP contribution is 2.18. The highest BCUT2D eigenvalue weighted by molar-refractivity contribution is 5.88. The molecule has 0 aromatic heterocycles. The number of carbonyl (C=O) groups excluding carboxylic acids is 3. The molecule has 1 amide bonds. The van der Waals surface area contributed by atoms with Gasteiger partial charge in [0, 0.05) is 6.42 Å². The molecule has 1 aromatic carbocycles. The molecule has 1 aromatic rings. The summed E-state index contributed by atoms with van der Waals surface area (Å²) in [6.07, 6.45) is 0.0646. The van der Waals surface area contributed by atoms with Crippen LogP contribution >= 0.6 is 0 Å². The summed E-state index contributed by atoms with van der Waals surface area (Å²) in [7, 11) is 1.26. The van der Waals surface area contributed by atoms with Crippen LogP contribution in [0.15, 0.2) is 18.2 Å². The molecule has 0 aliphatic rings. The summed E-state index contributed by atoms with van der Waals surface area (Å²) >= 11 is 0. The minimum absolute atomic E-state index is 0.0181. The topological polar surface area (TPSA) is 81.7 Å². The summed E-state index contributed by atoms with van der Waals surface area (Å²) in [6.45, 7) is 3.60. The van der Waals surface area contributed by atoms with Gasteiger partial charge in [0.25, 0.3) is 5.91 Å². The van der Waals surface area contributed by atoms with E-state index < -0.39 is 5.97 Å². The second kappa shape index (κ2) is 8.81. The Hall–Kier alpha value is -2.37. The van der Waals surface area contributed by atoms with Crippen LogP contribution < -0.4 is 10.1 Å². The molecule has 0 aliphatic carbocycles. The zero-order valence-corrected chi connectivity index (χ0v) is 13.1. The van der Waals surface area contributed by atoms with E-state index in [1.54, 1.807) is 6.07 Å². The fourth-order valence-corrected chi connectivity index (χ4v) is 1.78. The van der Waals surface area contributed by atoms with Crippen molar-refractivity contribution in [3.63, 3.8) is 0 Å². The third-order valence-corrected chi connectivity index (χ3v) is 3.01. The first-order valence-corrected chi connectivity index (χ1v) is 6.97. The van der Waals surface area contributed by atoms with E-state index in [0.29, 0.717) is 5.75 Å². The predicted molar refractivity (Wildman–Crippen MR) is 80.7 cm³/mol. The first-order chi connectivity index (χ1) is 10.4. The van der Waals surface area contributed by atoms with E-state index in [1.165, 1.54) is 7.11 Å². The Morgan fingerprint density at radius 1 is 1.14 bits per heavy atom. The predicted octanol–water partition coefficient (Wildman–Crippen LogP) is 1.32. The number of methoxy groups -OCH3 is 1. The van der Waals surface area contributed by atoms with Crippen LogP contribution in [-0.2, 0) is 19.1 Å². The van der Waals surface area contributed by atoms with Crippen LogP contribution in [0.25, 0.3) is 0 Å². The molecule has 6 nitrogen and oxygen atoms in total. The van der Waals surface area contributed by atoms with Gasteiger partial charge in [0.1, 0.15) is 5.75 Å². The lowest BCUT2D eigenvalue weighted by Gasteiger charge is -2.10. The number of nitrogens with one attached hydrogen (secondary N) is 1. The lowest BCUT2D eigenvalue weighted by Crippen LogP contribution is -2.33. The molecule has 0 fully saturated rings. The summed E-state index contributed by atoms with van der Waals surface area (Å²) in [5.41, 5.74) is 2.06. The number of Topliss-reactive ketones (excluding diaryl/α,β-unsaturated/α-hetero) is 1. The van der Waals surface area contributed by atoms with E-state index >= 15 is 0 Å². The number of benzene rings is 1. The van der Waals surface area contributed by atoms with Crippen LogP contribution in [0, 0.1) is 13.8 Å². The van der Waals surface area contributed by atoms with Gasteiger partial charge in [-0.2, -0.15) is 0 Å². The van der Waals surface area contributed by atoms with Crippen LogP contribution in [0.4, 0.5) is 0 Å². The van der Waals surface area contributed by atoms with Crippen molar-refractivity contribution >= 4 is 17.7 Å². The molecule has 0 atom stereocenters. The van der Waals surface area contributed by atoms with Gasteiger partial charge in [0.05, 0.1) is 20.1 Å². The third-order valence-electron chi connectivity index (χ3n) is 3.01. The molecule has 0 saturated carbocycles. The number of ketones is 1. The average Bonchev–Trinajstić information content (AvgIpc) is 2.49. The maximum atomic E-state index is 11.6. The molecule has 0 aliphatic heterocycles. The SMILES string of the molecule is COC(=O)CCC(=O)CNC(=O)COc1ccc(C)cc1C. The minimum atomic E-state index is -0.446. The molecular formula is C16H21NO5. The van der Waals surface area contributed by atoms with Gasteiger partial charge in [-0.25, -0.2) is 0 Å². The van der Waals surface area contributed by atoms with Crippen molar-refractivity contribution in [2.45, 2.75) is 26.7 Å². The van der Waals surface area contributed by atoms with Gasteiger partial charge in [0.15, 0.2) is 12.4 Å². The number of aryl methyl sites for hydroxylation is 2. The first-order valence-electron chi connectivity index (χ1n) is 6.97. The highest BCUT2D eigenvalue weighted by atomic mass is 16.5. The summed E-state index contributed by atoms with van der Waals surface area (Å²) in [6, 6.07) is 5.67. The number of carbonyl (C=O) groups is 3. The van der Waals surface area contributed by atoms with E-state index in [-0.39, 0.29) is 37.7 Å². The molecule has 120 valence electrons. The normalized spacial score (nSPS) is 9.95. The first kappa shape index (κ1) is 17.7. The van der Waals surface area contributed by atoms with Crippen molar-refractivity contribution in [1.29, 1.82) is 0 Å². The number of ether oxygens (including phenoxy) is 2. The van der Waals surface area contributed by atoms with Crippen molar-refractivity contribution in [3.05, 3.63) is 29.3 Å². The number of hydrogen-bond acceptors (Lipinski definition) is 5. The maximum Gasteiger partial charge on any atom is 0.305 e. The average molecular weight is 307 g/mol. The van der Waals surface area contributed by atoms with Crippen molar-refractivity contribution in [2.24, 2.45) is 0 Å². The fourth-order valence-electron chi connectivity index (χ4n) is 1.78. The number of rotatable bonds is 8. The van der Waals surface area contributed by atoms with Crippen LogP contribution in [0.3, 0.4) is 0 Å². The van der Waals surface area contributed by atoms with E-state index in [0.717, 1.165) is 11.1 Å². The molecule has 1 rings (SSSR count). The summed E-state index contributed by atoms with van der Waals surface area (Å²) in [5.74, 6) is -0.424. The fraction of sp³-hybridized carbons (Fsp3) is 0.438. The van der Waals surface area contributed by atoms with Gasteiger partial charge in [-0.05, 0) is 25.5 Å². The Balaban J connectivity index is 2.28. The zero-order valence-electron chi connectivity index (χ0n) is 13.1. The van der Waals surface area contributed by atoms with Crippen LogP contribution in [0.5, 0.6) is 5.75 Å². The number of hydrogen-bond donors (Lipinski definition) is 1. The quantitative estimate of drug-likeness (QED) is 0.733. The lowest BCUT2D eigenvalue weighted by molar-refractivity contribution is -0.141. The van der Waals surface area contributed by atoms with Gasteiger partial charge in [-0.3, -0.25) is 14.4 Å². The van der Waals surface area contributed by atoms with Gasteiger partial charge in [-0.1, -0.05) is 17.7 Å². The Kier molecular flexibility index (Phi) is 7.08. The molecule has 0 bridgehead atoms. The maximum absolute atomic E-state index is 11.6. The Bertz CT molecular complexity index is 553. The zero-order chi connectivity index (χ0) is 16.5. The molecular weight excluding hydrogens is 286 g/mol. The lowest BCUT2D eigenvalue weighted by atomic mass is 10.1. The van der Waals surface area contributed by atoms with E-state index in [1.807, 2.05) is 26.0 Å². The van der Waals surface area contributed by atoms with E-state index in [9.17, 15) is 14.4 Å². The standard InChI is InChI=1S/C16H21NO5/c1-11-4-6-14(12(2)8-11)22-10-15(19)17-9-13(18)5-7-16(20)21-3/h4,6,8H,5,7,9-10H2,1-3H3,(H,17,19). The van der Waals surface area contributed by atoms with Gasteiger partial charge < -0.3 is 14.8 Å². The van der Waals surface area contributed by atoms with Crippen LogP contribution in [0.2, 0.25) is 0 Å². The van der Waals surface area contributed by atoms with E-state index in [4.69, 9.17) is 4.74 Å².